The van der Waals surface area contributed by atoms with Crippen LogP contribution in [-0.2, 0) is 4.74 Å². The van der Waals surface area contributed by atoms with Crippen LogP contribution in [0.1, 0.15) is 41.0 Å². The minimum Gasteiger partial charge on any atom is -0.383 e. The van der Waals surface area contributed by atoms with Gasteiger partial charge in [0.05, 0.1) is 6.61 Å². The van der Waals surface area contributed by atoms with Crippen LogP contribution in [0.15, 0.2) is 0 Å². The van der Waals surface area contributed by atoms with E-state index in [0.717, 1.165) is 19.7 Å². The lowest BCUT2D eigenvalue weighted by Gasteiger charge is -2.32. The van der Waals surface area contributed by atoms with Crippen molar-refractivity contribution in [3.05, 3.63) is 0 Å². The van der Waals surface area contributed by atoms with E-state index in [1.807, 2.05) is 0 Å². The highest BCUT2D eigenvalue weighted by atomic mass is 16.5. The zero-order chi connectivity index (χ0) is 12.6. The summed E-state index contributed by atoms with van der Waals surface area (Å²) in [6, 6.07) is 1.78. The molecule has 0 rings (SSSR count). The number of ether oxygens (including phenoxy) is 1. The first-order chi connectivity index (χ1) is 7.49. The number of nitrogens with one attached hydrogen (secondary N) is 1. The molecule has 0 spiro atoms. The molecule has 0 aromatic heterocycles. The summed E-state index contributed by atoms with van der Waals surface area (Å²) >= 11 is 0. The number of hydrogen-bond acceptors (Lipinski definition) is 3. The fraction of sp³-hybridized carbons (Fsp3) is 1.00. The molecule has 3 nitrogen and oxygen atoms in total. The van der Waals surface area contributed by atoms with E-state index in [1.165, 1.54) is 6.42 Å². The normalized spacial score (nSPS) is 14.1. The Bertz CT molecular complexity index is 160. The Morgan fingerprint density at radius 1 is 1.12 bits per heavy atom. The van der Waals surface area contributed by atoms with Crippen LogP contribution in [0.4, 0.5) is 0 Å². The number of methoxy groups -OCH3 is 1. The van der Waals surface area contributed by atoms with E-state index in [-0.39, 0.29) is 0 Å². The number of hydrogen-bond donors (Lipinski definition) is 1. The zero-order valence-corrected chi connectivity index (χ0v) is 11.9. The van der Waals surface area contributed by atoms with Crippen molar-refractivity contribution >= 4 is 0 Å². The minimum atomic E-state index is 0.582. The summed E-state index contributed by atoms with van der Waals surface area (Å²) in [5, 5.41) is 3.47. The average molecular weight is 230 g/mol. The van der Waals surface area contributed by atoms with Gasteiger partial charge in [-0.2, -0.15) is 0 Å². The molecule has 0 saturated carbocycles. The van der Waals surface area contributed by atoms with Gasteiger partial charge in [-0.25, -0.2) is 0 Å². The van der Waals surface area contributed by atoms with Crippen molar-refractivity contribution < 1.29 is 4.74 Å². The molecule has 3 heteroatoms. The Kier molecular flexibility index (Phi) is 8.90. The lowest BCUT2D eigenvalue weighted by molar-refractivity contribution is 0.0981. The molecule has 0 aliphatic heterocycles. The molecule has 0 radical (unpaired) electrons. The molecule has 0 aliphatic carbocycles. The van der Waals surface area contributed by atoms with Crippen molar-refractivity contribution in [2.45, 2.75) is 59.2 Å². The van der Waals surface area contributed by atoms with Crippen LogP contribution in [0.25, 0.3) is 0 Å². The molecule has 0 aliphatic rings. The molecule has 0 saturated heterocycles. The van der Waals surface area contributed by atoms with E-state index in [9.17, 15) is 0 Å². The molecule has 0 aromatic rings. The highest BCUT2D eigenvalue weighted by molar-refractivity contribution is 4.72. The van der Waals surface area contributed by atoms with Gasteiger partial charge in [-0.1, -0.05) is 13.8 Å². The van der Waals surface area contributed by atoms with Crippen LogP contribution < -0.4 is 5.32 Å². The lowest BCUT2D eigenvalue weighted by Crippen LogP contribution is -2.42. The zero-order valence-electron chi connectivity index (χ0n) is 11.9. The highest BCUT2D eigenvalue weighted by Crippen LogP contribution is 2.08. The first kappa shape index (κ1) is 15.9. The van der Waals surface area contributed by atoms with Gasteiger partial charge in [0.1, 0.15) is 0 Å². The van der Waals surface area contributed by atoms with Crippen LogP contribution in [0, 0.1) is 0 Å². The molecule has 1 atom stereocenters. The second-order valence-corrected chi connectivity index (χ2v) is 5.07. The van der Waals surface area contributed by atoms with Crippen molar-refractivity contribution in [3.8, 4) is 0 Å². The first-order valence-corrected chi connectivity index (χ1v) is 6.47. The largest absolute Gasteiger partial charge is 0.383 e. The maximum absolute atomic E-state index is 5.16. The van der Waals surface area contributed by atoms with E-state index >= 15 is 0 Å². The molecular weight excluding hydrogens is 200 g/mol. The van der Waals surface area contributed by atoms with E-state index in [0.29, 0.717) is 18.1 Å². The van der Waals surface area contributed by atoms with Gasteiger partial charge in [0.25, 0.3) is 0 Å². The van der Waals surface area contributed by atoms with Crippen LogP contribution in [0.5, 0.6) is 0 Å². The monoisotopic (exact) mass is 230 g/mol. The first-order valence-electron chi connectivity index (χ1n) is 6.47. The molecule has 1 N–H and O–H groups in total. The van der Waals surface area contributed by atoms with Crippen molar-refractivity contribution in [1.29, 1.82) is 0 Å². The second-order valence-electron chi connectivity index (χ2n) is 5.07. The van der Waals surface area contributed by atoms with Gasteiger partial charge in [0, 0.05) is 31.8 Å². The topological polar surface area (TPSA) is 24.5 Å². The molecule has 0 fully saturated rings. The molecule has 1 unspecified atom stereocenters. The SMILES string of the molecule is COCCN(C(C)C)C(C)CCNC(C)C. The van der Waals surface area contributed by atoms with Gasteiger partial charge < -0.3 is 10.1 Å². The summed E-state index contributed by atoms with van der Waals surface area (Å²) in [6.45, 7) is 14.1. The van der Waals surface area contributed by atoms with Gasteiger partial charge in [0.2, 0.25) is 0 Å². The number of nitrogens with zero attached hydrogens (tertiary/aromatic N) is 1. The molecule has 0 aromatic carbocycles. The Morgan fingerprint density at radius 2 is 1.75 bits per heavy atom. The second kappa shape index (κ2) is 8.97. The summed E-state index contributed by atoms with van der Waals surface area (Å²) < 4.78 is 5.16. The quantitative estimate of drug-likeness (QED) is 0.656. The average Bonchev–Trinajstić information content (AvgIpc) is 2.17. The molecule has 0 bridgehead atoms. The highest BCUT2D eigenvalue weighted by Gasteiger charge is 2.16. The Labute approximate surface area is 102 Å². The van der Waals surface area contributed by atoms with Crippen LogP contribution >= 0.6 is 0 Å². The summed E-state index contributed by atoms with van der Waals surface area (Å²) in [5.41, 5.74) is 0. The van der Waals surface area contributed by atoms with Crippen LogP contribution in [-0.4, -0.2) is 49.8 Å². The van der Waals surface area contributed by atoms with Gasteiger partial charge >= 0.3 is 0 Å². The Hall–Kier alpha value is -0.120. The number of rotatable bonds is 9. The van der Waals surface area contributed by atoms with E-state index < -0.39 is 0 Å². The maximum Gasteiger partial charge on any atom is 0.0589 e. The van der Waals surface area contributed by atoms with Crippen molar-refractivity contribution in [3.63, 3.8) is 0 Å². The molecule has 0 amide bonds. The smallest absolute Gasteiger partial charge is 0.0589 e. The Balaban J connectivity index is 3.91. The van der Waals surface area contributed by atoms with Gasteiger partial charge in [-0.15, -0.1) is 0 Å². The van der Waals surface area contributed by atoms with Gasteiger partial charge in [-0.3, -0.25) is 4.90 Å². The molecule has 0 heterocycles. The molecular formula is C13H30N2O. The standard InChI is InChI=1S/C13H30N2O/c1-11(2)14-8-7-13(5)15(12(3)4)9-10-16-6/h11-14H,7-10H2,1-6H3. The maximum atomic E-state index is 5.16. The van der Waals surface area contributed by atoms with E-state index in [4.69, 9.17) is 4.74 Å². The van der Waals surface area contributed by atoms with Crippen molar-refractivity contribution in [2.75, 3.05) is 26.8 Å². The molecule has 98 valence electrons. The van der Waals surface area contributed by atoms with Crippen LogP contribution in [0.3, 0.4) is 0 Å². The minimum absolute atomic E-state index is 0.582. The van der Waals surface area contributed by atoms with E-state index in [1.54, 1.807) is 7.11 Å². The van der Waals surface area contributed by atoms with Gasteiger partial charge in [-0.05, 0) is 33.7 Å². The summed E-state index contributed by atoms with van der Waals surface area (Å²) in [5.74, 6) is 0. The predicted molar refractivity (Wildman–Crippen MR) is 70.9 cm³/mol. The molecule has 16 heavy (non-hydrogen) atoms. The van der Waals surface area contributed by atoms with Crippen LogP contribution in [0.2, 0.25) is 0 Å². The lowest BCUT2D eigenvalue weighted by atomic mass is 10.1. The third kappa shape index (κ3) is 7.20. The third-order valence-electron chi connectivity index (χ3n) is 2.90. The predicted octanol–water partition coefficient (Wildman–Crippen LogP) is 2.12. The summed E-state index contributed by atoms with van der Waals surface area (Å²) in [7, 11) is 1.77. The summed E-state index contributed by atoms with van der Waals surface area (Å²) in [6.07, 6.45) is 1.19. The third-order valence-corrected chi connectivity index (χ3v) is 2.90. The van der Waals surface area contributed by atoms with Crippen molar-refractivity contribution in [1.82, 2.24) is 10.2 Å². The van der Waals surface area contributed by atoms with E-state index in [2.05, 4.69) is 44.8 Å². The summed E-state index contributed by atoms with van der Waals surface area (Å²) in [4.78, 5) is 2.51. The fourth-order valence-electron chi connectivity index (χ4n) is 1.93. The van der Waals surface area contributed by atoms with Gasteiger partial charge in [0.15, 0.2) is 0 Å². The Morgan fingerprint density at radius 3 is 2.19 bits per heavy atom. The van der Waals surface area contributed by atoms with Crippen molar-refractivity contribution in [2.24, 2.45) is 0 Å². The fourth-order valence-corrected chi connectivity index (χ4v) is 1.93.